The Morgan fingerprint density at radius 1 is 1.14 bits per heavy atom. The van der Waals surface area contributed by atoms with Gasteiger partial charge in [0.2, 0.25) is 10.0 Å². The van der Waals surface area contributed by atoms with Crippen LogP contribution >= 0.6 is 0 Å². The van der Waals surface area contributed by atoms with Crippen molar-refractivity contribution in [3.05, 3.63) is 77.0 Å². The molecule has 0 aliphatic carbocycles. The van der Waals surface area contributed by atoms with Crippen molar-refractivity contribution in [1.29, 1.82) is 0 Å². The topological polar surface area (TPSA) is 117 Å². The zero-order valence-electron chi connectivity index (χ0n) is 20.1. The number of pyridine rings is 3. The van der Waals surface area contributed by atoms with E-state index in [0.29, 0.717) is 35.7 Å². The third-order valence-corrected chi connectivity index (χ3v) is 7.77. The average molecular weight is 506 g/mol. The molecule has 186 valence electrons. The first kappa shape index (κ1) is 24.0. The number of nitrogens with zero attached hydrogens (tertiary/aromatic N) is 3. The summed E-state index contributed by atoms with van der Waals surface area (Å²) in [6.45, 7) is 1.06. The predicted octanol–water partition coefficient (Wildman–Crippen LogP) is 3.88. The Hall–Kier alpha value is -3.76. The van der Waals surface area contributed by atoms with Crippen LogP contribution in [0.15, 0.2) is 65.8 Å². The van der Waals surface area contributed by atoms with Crippen LogP contribution < -0.4 is 15.6 Å². The molecule has 0 amide bonds. The molecule has 4 aromatic rings. The van der Waals surface area contributed by atoms with Crippen molar-refractivity contribution in [3.8, 4) is 17.0 Å². The Balaban J connectivity index is 1.47. The molecule has 3 aromatic heterocycles. The van der Waals surface area contributed by atoms with Gasteiger partial charge in [0.15, 0.2) is 0 Å². The van der Waals surface area contributed by atoms with E-state index in [4.69, 9.17) is 9.72 Å². The highest BCUT2D eigenvalue weighted by molar-refractivity contribution is 7.88. The van der Waals surface area contributed by atoms with Gasteiger partial charge in [0.25, 0.3) is 5.56 Å². The van der Waals surface area contributed by atoms with Gasteiger partial charge in [-0.15, -0.1) is 0 Å². The van der Waals surface area contributed by atoms with Crippen molar-refractivity contribution in [3.63, 3.8) is 0 Å². The number of hydrogen-bond acceptors (Lipinski definition) is 7. The van der Waals surface area contributed by atoms with Crippen molar-refractivity contribution in [2.45, 2.75) is 18.8 Å². The predicted molar refractivity (Wildman–Crippen MR) is 140 cm³/mol. The van der Waals surface area contributed by atoms with E-state index in [1.165, 1.54) is 6.26 Å². The Morgan fingerprint density at radius 2 is 1.94 bits per heavy atom. The minimum absolute atomic E-state index is 0.146. The van der Waals surface area contributed by atoms with Crippen LogP contribution in [-0.4, -0.2) is 54.1 Å². The van der Waals surface area contributed by atoms with E-state index < -0.39 is 10.0 Å². The lowest BCUT2D eigenvalue weighted by molar-refractivity contribution is 0.317. The zero-order chi connectivity index (χ0) is 25.3. The van der Waals surface area contributed by atoms with Crippen LogP contribution in [0.25, 0.3) is 22.0 Å². The number of aromatic nitrogens is 3. The van der Waals surface area contributed by atoms with Crippen LogP contribution in [0, 0.1) is 0 Å². The van der Waals surface area contributed by atoms with Gasteiger partial charge in [-0.3, -0.25) is 9.78 Å². The fourth-order valence-electron chi connectivity index (χ4n) is 4.61. The number of fused-ring (bicyclic) bond motifs is 1. The van der Waals surface area contributed by atoms with Gasteiger partial charge in [0, 0.05) is 36.7 Å². The Labute approximate surface area is 209 Å². The van der Waals surface area contributed by atoms with Gasteiger partial charge in [-0.1, -0.05) is 12.1 Å². The first-order valence-corrected chi connectivity index (χ1v) is 13.5. The number of methoxy groups -OCH3 is 1. The van der Waals surface area contributed by atoms with Gasteiger partial charge < -0.3 is 15.0 Å². The fourth-order valence-corrected chi connectivity index (χ4v) is 5.53. The van der Waals surface area contributed by atoms with Gasteiger partial charge in [-0.2, -0.15) is 0 Å². The molecule has 1 aliphatic heterocycles. The summed E-state index contributed by atoms with van der Waals surface area (Å²) in [5.74, 6) is 1.19. The number of rotatable bonds is 6. The first-order valence-electron chi connectivity index (χ1n) is 11.7. The van der Waals surface area contributed by atoms with Crippen LogP contribution in [-0.2, 0) is 10.0 Å². The molecule has 1 saturated heterocycles. The number of aromatic amines is 1. The summed E-state index contributed by atoms with van der Waals surface area (Å²) in [4.78, 5) is 24.4. The molecular formula is C26H27N5O4S. The Bertz CT molecular complexity index is 1570. The monoisotopic (exact) mass is 505 g/mol. The highest BCUT2D eigenvalue weighted by Crippen LogP contribution is 2.31. The van der Waals surface area contributed by atoms with Crippen LogP contribution in [0.1, 0.15) is 24.3 Å². The molecule has 36 heavy (non-hydrogen) atoms. The van der Waals surface area contributed by atoms with E-state index in [1.54, 1.807) is 30.0 Å². The molecule has 0 radical (unpaired) electrons. The number of nitrogens with one attached hydrogen (secondary N) is 2. The van der Waals surface area contributed by atoms with E-state index in [-0.39, 0.29) is 11.5 Å². The zero-order valence-corrected chi connectivity index (χ0v) is 20.9. The van der Waals surface area contributed by atoms with Crippen molar-refractivity contribution in [2.75, 3.05) is 31.8 Å². The smallest absolute Gasteiger partial charge is 0.259 e. The summed E-state index contributed by atoms with van der Waals surface area (Å²) in [5.41, 5.74) is 3.04. The van der Waals surface area contributed by atoms with E-state index in [2.05, 4.69) is 15.3 Å². The molecule has 1 aromatic carbocycles. The molecule has 2 N–H and O–H groups in total. The van der Waals surface area contributed by atoms with Crippen LogP contribution in [0.2, 0.25) is 0 Å². The lowest BCUT2D eigenvalue weighted by atomic mass is 9.91. The molecule has 10 heteroatoms. The van der Waals surface area contributed by atoms with E-state index in [9.17, 15) is 13.2 Å². The first-order chi connectivity index (χ1) is 17.3. The maximum Gasteiger partial charge on any atom is 0.259 e. The van der Waals surface area contributed by atoms with Crippen molar-refractivity contribution in [2.24, 2.45) is 0 Å². The summed E-state index contributed by atoms with van der Waals surface area (Å²) in [5, 5.41) is 4.50. The number of piperidine rings is 1. The maximum absolute atomic E-state index is 12.7. The molecule has 0 spiro atoms. The summed E-state index contributed by atoms with van der Waals surface area (Å²) in [6, 6.07) is 13.4. The van der Waals surface area contributed by atoms with Crippen LogP contribution in [0.3, 0.4) is 0 Å². The molecule has 5 rings (SSSR count). The molecule has 1 aliphatic rings. The summed E-state index contributed by atoms with van der Waals surface area (Å²) in [7, 11) is -1.62. The second-order valence-corrected chi connectivity index (χ2v) is 10.9. The lowest BCUT2D eigenvalue weighted by Gasteiger charge is -2.31. The highest BCUT2D eigenvalue weighted by atomic mass is 32.2. The third-order valence-electron chi connectivity index (χ3n) is 6.50. The van der Waals surface area contributed by atoms with Crippen molar-refractivity contribution in [1.82, 2.24) is 19.3 Å². The number of sulfonamides is 1. The largest absolute Gasteiger partial charge is 0.495 e. The Kier molecular flexibility index (Phi) is 6.46. The van der Waals surface area contributed by atoms with Gasteiger partial charge in [-0.25, -0.2) is 17.7 Å². The molecule has 9 nitrogen and oxygen atoms in total. The van der Waals surface area contributed by atoms with E-state index in [1.807, 2.05) is 42.5 Å². The second-order valence-electron chi connectivity index (χ2n) is 8.95. The maximum atomic E-state index is 12.7. The molecule has 1 atom stereocenters. The number of H-pyrrole nitrogens is 1. The standard InChI is InChI=1S/C26H27N5O4S/c1-35-22-12-20(14-27-15-22)23-13-18-9-10-28-26(32)24(18)25(30-23)29-21-7-5-17(6-8-21)19-4-3-11-31(16-19)36(2,33)34/h5-10,12-15,19H,3-4,11,16H2,1-2H3,(H,28,32)(H,29,30). The number of ether oxygens (including phenoxy) is 1. The molecule has 0 bridgehead atoms. The quantitative estimate of drug-likeness (QED) is 0.408. The molecular weight excluding hydrogens is 478 g/mol. The minimum Gasteiger partial charge on any atom is -0.495 e. The van der Waals surface area contributed by atoms with Crippen LogP contribution in [0.5, 0.6) is 5.75 Å². The molecule has 0 saturated carbocycles. The number of benzene rings is 1. The van der Waals surface area contributed by atoms with Crippen molar-refractivity contribution >= 4 is 32.3 Å². The van der Waals surface area contributed by atoms with Gasteiger partial charge in [0.05, 0.1) is 30.6 Å². The summed E-state index contributed by atoms with van der Waals surface area (Å²) in [6.07, 6.45) is 7.97. The number of hydrogen-bond donors (Lipinski definition) is 2. The summed E-state index contributed by atoms with van der Waals surface area (Å²) >= 11 is 0. The molecule has 1 unspecified atom stereocenters. The van der Waals surface area contributed by atoms with Gasteiger partial charge >= 0.3 is 0 Å². The third kappa shape index (κ3) is 4.95. The lowest BCUT2D eigenvalue weighted by Crippen LogP contribution is -2.38. The SMILES string of the molecule is COc1cncc(-c2cc3cc[nH]c(=O)c3c(Nc3ccc(C4CCCN(S(C)(=O)=O)C4)cc3)n2)c1. The van der Waals surface area contributed by atoms with Gasteiger partial charge in [0.1, 0.15) is 11.6 Å². The second kappa shape index (κ2) is 9.71. The van der Waals surface area contributed by atoms with Gasteiger partial charge in [-0.05, 0) is 60.0 Å². The van der Waals surface area contributed by atoms with Crippen LogP contribution in [0.4, 0.5) is 11.5 Å². The summed E-state index contributed by atoms with van der Waals surface area (Å²) < 4.78 is 30.8. The minimum atomic E-state index is -3.20. The fraction of sp³-hybridized carbons (Fsp3) is 0.269. The number of anilines is 2. The highest BCUT2D eigenvalue weighted by Gasteiger charge is 2.26. The van der Waals surface area contributed by atoms with E-state index in [0.717, 1.165) is 35.0 Å². The molecule has 4 heterocycles. The molecule has 1 fully saturated rings. The van der Waals surface area contributed by atoms with E-state index >= 15 is 0 Å². The van der Waals surface area contributed by atoms with Crippen molar-refractivity contribution < 1.29 is 13.2 Å². The average Bonchev–Trinajstić information content (AvgIpc) is 2.88. The Morgan fingerprint density at radius 3 is 2.69 bits per heavy atom. The normalized spacial score (nSPS) is 16.7.